The average Bonchev–Trinajstić information content (AvgIpc) is 2.96. The van der Waals surface area contributed by atoms with Crippen molar-refractivity contribution in [3.63, 3.8) is 0 Å². The Kier molecular flexibility index (Phi) is 6.54. The molecule has 2 aromatic rings. The molecule has 0 aromatic heterocycles. The van der Waals surface area contributed by atoms with Crippen LogP contribution in [0.15, 0.2) is 47.4 Å². The molecule has 1 saturated heterocycles. The zero-order chi connectivity index (χ0) is 21.2. The Bertz CT molecular complexity index is 1110. The van der Waals surface area contributed by atoms with Crippen LogP contribution >= 0.6 is 23.2 Å². The van der Waals surface area contributed by atoms with Gasteiger partial charge in [0, 0.05) is 21.8 Å². The molecule has 2 N–H and O–H groups in total. The van der Waals surface area contributed by atoms with Crippen LogP contribution < -0.4 is 10.0 Å². The van der Waals surface area contributed by atoms with Crippen LogP contribution in [-0.2, 0) is 31.1 Å². The number of hydrogen-bond acceptors (Lipinski definition) is 5. The van der Waals surface area contributed by atoms with Gasteiger partial charge in [-0.15, -0.1) is 0 Å². The highest BCUT2D eigenvalue weighted by molar-refractivity contribution is 7.92. The number of amides is 1. The number of anilines is 1. The molecular weight excluding hydrogens is 459 g/mol. The van der Waals surface area contributed by atoms with Gasteiger partial charge in [-0.2, -0.15) is 0 Å². The van der Waals surface area contributed by atoms with Crippen LogP contribution in [0.5, 0.6) is 0 Å². The van der Waals surface area contributed by atoms with Gasteiger partial charge in [0.05, 0.1) is 22.8 Å². The molecule has 0 spiro atoms. The SMILES string of the molecule is O=C(Cc1c(Cl)cccc1Cl)Nc1ccc(S(=O)(=O)NC2CCS(=O)(=O)C2)cc1. The summed E-state index contributed by atoms with van der Waals surface area (Å²) >= 11 is 12.1. The first-order chi connectivity index (χ1) is 13.6. The highest BCUT2D eigenvalue weighted by Gasteiger charge is 2.31. The fraction of sp³-hybridized carbons (Fsp3) is 0.278. The first-order valence-corrected chi connectivity index (χ1v) is 12.7. The second-order valence-electron chi connectivity index (χ2n) is 6.67. The van der Waals surface area contributed by atoms with E-state index >= 15 is 0 Å². The van der Waals surface area contributed by atoms with Crippen molar-refractivity contribution < 1.29 is 21.6 Å². The smallest absolute Gasteiger partial charge is 0.240 e. The van der Waals surface area contributed by atoms with E-state index in [0.717, 1.165) is 0 Å². The zero-order valence-corrected chi connectivity index (χ0v) is 18.2. The maximum Gasteiger partial charge on any atom is 0.240 e. The van der Waals surface area contributed by atoms with Crippen molar-refractivity contribution in [1.29, 1.82) is 0 Å². The summed E-state index contributed by atoms with van der Waals surface area (Å²) in [5.41, 5.74) is 0.906. The van der Waals surface area contributed by atoms with E-state index in [0.29, 0.717) is 21.3 Å². The summed E-state index contributed by atoms with van der Waals surface area (Å²) in [5, 5.41) is 3.42. The molecule has 1 aliphatic heterocycles. The lowest BCUT2D eigenvalue weighted by atomic mass is 10.1. The van der Waals surface area contributed by atoms with E-state index in [1.807, 2.05) is 0 Å². The summed E-state index contributed by atoms with van der Waals surface area (Å²) in [5.74, 6) is -0.587. The molecule has 1 atom stereocenters. The summed E-state index contributed by atoms with van der Waals surface area (Å²) in [6.07, 6.45) is 0.219. The first kappa shape index (κ1) is 22.0. The van der Waals surface area contributed by atoms with E-state index < -0.39 is 25.9 Å². The zero-order valence-electron chi connectivity index (χ0n) is 15.1. The third-order valence-electron chi connectivity index (χ3n) is 4.40. The molecule has 0 bridgehead atoms. The van der Waals surface area contributed by atoms with Crippen LogP contribution in [0.4, 0.5) is 5.69 Å². The number of rotatable bonds is 6. The maximum absolute atomic E-state index is 12.4. The van der Waals surface area contributed by atoms with E-state index in [2.05, 4.69) is 10.0 Å². The second-order valence-corrected chi connectivity index (χ2v) is 11.4. The highest BCUT2D eigenvalue weighted by Crippen LogP contribution is 2.25. The Morgan fingerprint density at radius 3 is 2.24 bits per heavy atom. The molecule has 0 radical (unpaired) electrons. The van der Waals surface area contributed by atoms with Gasteiger partial charge in [-0.25, -0.2) is 21.6 Å². The van der Waals surface area contributed by atoms with Crippen LogP contribution in [0.3, 0.4) is 0 Å². The van der Waals surface area contributed by atoms with Crippen LogP contribution in [0.1, 0.15) is 12.0 Å². The minimum atomic E-state index is -3.86. The third kappa shape index (κ3) is 5.70. The van der Waals surface area contributed by atoms with E-state index in [4.69, 9.17) is 23.2 Å². The summed E-state index contributed by atoms with van der Waals surface area (Å²) in [4.78, 5) is 12.2. The Labute approximate surface area is 179 Å². The quantitative estimate of drug-likeness (QED) is 0.665. The van der Waals surface area contributed by atoms with Crippen LogP contribution in [0.25, 0.3) is 0 Å². The summed E-state index contributed by atoms with van der Waals surface area (Å²) in [7, 11) is -7.06. The van der Waals surface area contributed by atoms with Gasteiger partial charge in [0.25, 0.3) is 0 Å². The number of halogens is 2. The second kappa shape index (κ2) is 8.61. The van der Waals surface area contributed by atoms with Crippen LogP contribution in [-0.4, -0.2) is 40.3 Å². The number of benzene rings is 2. The molecule has 156 valence electrons. The van der Waals surface area contributed by atoms with Gasteiger partial charge in [-0.3, -0.25) is 4.79 Å². The summed E-state index contributed by atoms with van der Waals surface area (Å²) in [6.45, 7) is 0. The molecular formula is C18H18Cl2N2O5S2. The van der Waals surface area contributed by atoms with Crippen LogP contribution in [0, 0.1) is 0 Å². The summed E-state index contributed by atoms with van der Waals surface area (Å²) < 4.78 is 50.2. The largest absolute Gasteiger partial charge is 0.326 e. The van der Waals surface area contributed by atoms with Crippen molar-refractivity contribution >= 4 is 54.7 Å². The van der Waals surface area contributed by atoms with Crippen molar-refractivity contribution in [3.8, 4) is 0 Å². The average molecular weight is 477 g/mol. The van der Waals surface area contributed by atoms with Gasteiger partial charge >= 0.3 is 0 Å². The Balaban J connectivity index is 1.64. The maximum atomic E-state index is 12.4. The fourth-order valence-electron chi connectivity index (χ4n) is 2.96. The van der Waals surface area contributed by atoms with E-state index in [9.17, 15) is 21.6 Å². The molecule has 2 aromatic carbocycles. The molecule has 11 heteroatoms. The first-order valence-electron chi connectivity index (χ1n) is 8.61. The van der Waals surface area contributed by atoms with Gasteiger partial charge in [0.2, 0.25) is 15.9 Å². The van der Waals surface area contributed by atoms with Gasteiger partial charge in [-0.05, 0) is 48.4 Å². The Hall–Kier alpha value is -1.65. The van der Waals surface area contributed by atoms with Crippen LogP contribution in [0.2, 0.25) is 10.0 Å². The number of nitrogens with one attached hydrogen (secondary N) is 2. The lowest BCUT2D eigenvalue weighted by molar-refractivity contribution is -0.115. The van der Waals surface area contributed by atoms with Crippen molar-refractivity contribution in [1.82, 2.24) is 4.72 Å². The minimum absolute atomic E-state index is 0.0195. The molecule has 1 fully saturated rings. The molecule has 3 rings (SSSR count). The minimum Gasteiger partial charge on any atom is -0.326 e. The standard InChI is InChI=1S/C18H18Cl2N2O5S2/c19-16-2-1-3-17(20)15(16)10-18(23)21-12-4-6-14(7-5-12)29(26,27)22-13-8-9-28(24,25)11-13/h1-7,13,22H,8-11H2,(H,21,23). The van der Waals surface area contributed by atoms with Gasteiger partial charge < -0.3 is 5.32 Å². The van der Waals surface area contributed by atoms with Crippen molar-refractivity contribution in [2.24, 2.45) is 0 Å². The predicted molar refractivity (Wildman–Crippen MR) is 113 cm³/mol. The van der Waals surface area contributed by atoms with E-state index in [1.165, 1.54) is 24.3 Å². The monoisotopic (exact) mass is 476 g/mol. The molecule has 1 heterocycles. The lowest BCUT2D eigenvalue weighted by Crippen LogP contribution is -2.35. The Morgan fingerprint density at radius 1 is 1.07 bits per heavy atom. The molecule has 1 unspecified atom stereocenters. The predicted octanol–water partition coefficient (Wildman–Crippen LogP) is 2.64. The third-order valence-corrected chi connectivity index (χ3v) is 8.41. The van der Waals surface area contributed by atoms with Gasteiger partial charge in [0.15, 0.2) is 9.84 Å². The van der Waals surface area contributed by atoms with E-state index in [1.54, 1.807) is 18.2 Å². The number of sulfonamides is 1. The summed E-state index contributed by atoms with van der Waals surface area (Å²) in [6, 6.07) is 9.90. The topological polar surface area (TPSA) is 109 Å². The fourth-order valence-corrected chi connectivity index (χ4v) is 6.54. The molecule has 0 aliphatic carbocycles. The molecule has 29 heavy (non-hydrogen) atoms. The van der Waals surface area contributed by atoms with E-state index in [-0.39, 0.29) is 35.2 Å². The van der Waals surface area contributed by atoms with Crippen molar-refractivity contribution in [3.05, 3.63) is 58.1 Å². The van der Waals surface area contributed by atoms with Crippen molar-refractivity contribution in [2.45, 2.75) is 23.8 Å². The number of sulfone groups is 1. The molecule has 1 amide bonds. The highest BCUT2D eigenvalue weighted by atomic mass is 35.5. The number of hydrogen-bond donors (Lipinski definition) is 2. The lowest BCUT2D eigenvalue weighted by Gasteiger charge is -2.12. The molecule has 0 saturated carbocycles. The molecule has 7 nitrogen and oxygen atoms in total. The van der Waals surface area contributed by atoms with Gasteiger partial charge in [0.1, 0.15) is 0 Å². The normalized spacial score (nSPS) is 18.5. The van der Waals surface area contributed by atoms with Gasteiger partial charge in [-0.1, -0.05) is 29.3 Å². The van der Waals surface area contributed by atoms with Crippen molar-refractivity contribution in [2.75, 3.05) is 16.8 Å². The Morgan fingerprint density at radius 2 is 1.69 bits per heavy atom. The molecule has 1 aliphatic rings. The number of carbonyl (C=O) groups is 1. The number of carbonyl (C=O) groups excluding carboxylic acids is 1.